The fourth-order valence-corrected chi connectivity index (χ4v) is 2.06. The van der Waals surface area contributed by atoms with Gasteiger partial charge in [-0.15, -0.1) is 0 Å². The highest BCUT2D eigenvalue weighted by Gasteiger charge is 2.04. The number of hydrogen-bond acceptors (Lipinski definition) is 1. The van der Waals surface area contributed by atoms with Crippen molar-refractivity contribution in [3.63, 3.8) is 0 Å². The van der Waals surface area contributed by atoms with Gasteiger partial charge >= 0.3 is 0 Å². The molecule has 2 rings (SSSR count). The van der Waals surface area contributed by atoms with Gasteiger partial charge in [-0.3, -0.25) is 4.98 Å². The maximum Gasteiger partial charge on any atom is 0.0741 e. The van der Waals surface area contributed by atoms with E-state index in [0.717, 1.165) is 5.69 Å². The van der Waals surface area contributed by atoms with Crippen molar-refractivity contribution in [1.29, 1.82) is 0 Å². The Labute approximate surface area is 97.3 Å². The lowest BCUT2D eigenvalue weighted by Crippen LogP contribution is -1.89. The Morgan fingerprint density at radius 3 is 2.57 bits per heavy atom. The lowest BCUT2D eigenvalue weighted by atomic mass is 10.1. The smallest absolute Gasteiger partial charge is 0.0741 e. The molecule has 1 heterocycles. The van der Waals surface area contributed by atoms with Crippen LogP contribution >= 0.6 is 22.6 Å². The molecule has 0 aliphatic rings. The number of halogens is 1. The summed E-state index contributed by atoms with van der Waals surface area (Å²) in [6.07, 6.45) is 1.84. The third kappa shape index (κ3) is 1.80. The van der Waals surface area contributed by atoms with Gasteiger partial charge in [-0.1, -0.05) is 24.3 Å². The first kappa shape index (κ1) is 9.65. The SMILES string of the molecule is Cc1cccnc1-c1ccccc1I. The fourth-order valence-electron chi connectivity index (χ4n) is 1.42. The van der Waals surface area contributed by atoms with Crippen molar-refractivity contribution >= 4 is 22.6 Å². The molecule has 1 aromatic heterocycles. The monoisotopic (exact) mass is 295 g/mol. The molecule has 0 fully saturated rings. The summed E-state index contributed by atoms with van der Waals surface area (Å²) < 4.78 is 1.24. The summed E-state index contributed by atoms with van der Waals surface area (Å²) in [5, 5.41) is 0. The Kier molecular flexibility index (Phi) is 2.82. The Morgan fingerprint density at radius 1 is 1.07 bits per heavy atom. The van der Waals surface area contributed by atoms with Crippen LogP contribution in [0.5, 0.6) is 0 Å². The van der Waals surface area contributed by atoms with Crippen molar-refractivity contribution < 1.29 is 0 Å². The van der Waals surface area contributed by atoms with E-state index in [0.29, 0.717) is 0 Å². The van der Waals surface area contributed by atoms with E-state index in [1.165, 1.54) is 14.7 Å². The first-order valence-electron chi connectivity index (χ1n) is 4.45. The lowest BCUT2D eigenvalue weighted by Gasteiger charge is -2.05. The molecule has 0 aliphatic carbocycles. The number of benzene rings is 1. The van der Waals surface area contributed by atoms with Gasteiger partial charge in [0.1, 0.15) is 0 Å². The van der Waals surface area contributed by atoms with Crippen molar-refractivity contribution in [3.8, 4) is 11.3 Å². The van der Waals surface area contributed by atoms with Crippen LogP contribution in [0.15, 0.2) is 42.6 Å². The summed E-state index contributed by atoms with van der Waals surface area (Å²) in [5.41, 5.74) is 3.51. The Bertz CT molecular complexity index is 408. The quantitative estimate of drug-likeness (QED) is 0.732. The average Bonchev–Trinajstić information content (AvgIpc) is 2.20. The van der Waals surface area contributed by atoms with Crippen molar-refractivity contribution in [1.82, 2.24) is 4.98 Å². The molecule has 0 radical (unpaired) electrons. The van der Waals surface area contributed by atoms with Gasteiger partial charge in [0.05, 0.1) is 5.69 Å². The second-order valence-corrected chi connectivity index (χ2v) is 4.31. The maximum absolute atomic E-state index is 4.40. The van der Waals surface area contributed by atoms with Gasteiger partial charge in [0.2, 0.25) is 0 Å². The zero-order valence-electron chi connectivity index (χ0n) is 7.87. The lowest BCUT2D eigenvalue weighted by molar-refractivity contribution is 1.27. The Hall–Kier alpha value is -0.900. The average molecular weight is 295 g/mol. The van der Waals surface area contributed by atoms with Gasteiger partial charge < -0.3 is 0 Å². The largest absolute Gasteiger partial charge is 0.256 e. The van der Waals surface area contributed by atoms with Gasteiger partial charge in [-0.25, -0.2) is 0 Å². The van der Waals surface area contributed by atoms with E-state index in [9.17, 15) is 0 Å². The number of aryl methyl sites for hydroxylation is 1. The fraction of sp³-hybridized carbons (Fsp3) is 0.0833. The van der Waals surface area contributed by atoms with Crippen molar-refractivity contribution in [3.05, 3.63) is 51.7 Å². The van der Waals surface area contributed by atoms with Gasteiger partial charge in [0.15, 0.2) is 0 Å². The van der Waals surface area contributed by atoms with Crippen LogP contribution in [0.4, 0.5) is 0 Å². The van der Waals surface area contributed by atoms with E-state index in [4.69, 9.17) is 0 Å². The highest BCUT2D eigenvalue weighted by Crippen LogP contribution is 2.25. The molecule has 14 heavy (non-hydrogen) atoms. The van der Waals surface area contributed by atoms with Crippen LogP contribution in [0.25, 0.3) is 11.3 Å². The minimum absolute atomic E-state index is 1.08. The molecule has 2 aromatic rings. The summed E-state index contributed by atoms with van der Waals surface area (Å²) in [6, 6.07) is 12.4. The summed E-state index contributed by atoms with van der Waals surface area (Å²) in [4.78, 5) is 4.40. The Morgan fingerprint density at radius 2 is 1.86 bits per heavy atom. The van der Waals surface area contributed by atoms with E-state index in [2.05, 4.69) is 52.7 Å². The number of nitrogens with zero attached hydrogens (tertiary/aromatic N) is 1. The molecular formula is C12H10IN. The molecule has 0 amide bonds. The Balaban J connectivity index is 2.61. The van der Waals surface area contributed by atoms with Crippen LogP contribution in [-0.2, 0) is 0 Å². The van der Waals surface area contributed by atoms with Crippen LogP contribution in [0, 0.1) is 10.5 Å². The van der Waals surface area contributed by atoms with Crippen LogP contribution in [0.2, 0.25) is 0 Å². The first-order chi connectivity index (χ1) is 6.79. The van der Waals surface area contributed by atoms with E-state index >= 15 is 0 Å². The first-order valence-corrected chi connectivity index (χ1v) is 5.53. The summed E-state index contributed by atoms with van der Waals surface area (Å²) in [5.74, 6) is 0. The number of aromatic nitrogens is 1. The zero-order chi connectivity index (χ0) is 9.97. The maximum atomic E-state index is 4.40. The molecular weight excluding hydrogens is 285 g/mol. The molecule has 0 bridgehead atoms. The number of hydrogen-bond donors (Lipinski definition) is 0. The topological polar surface area (TPSA) is 12.9 Å². The van der Waals surface area contributed by atoms with E-state index < -0.39 is 0 Å². The predicted octanol–water partition coefficient (Wildman–Crippen LogP) is 3.66. The van der Waals surface area contributed by atoms with Crippen LogP contribution < -0.4 is 0 Å². The van der Waals surface area contributed by atoms with Crippen molar-refractivity contribution in [2.75, 3.05) is 0 Å². The molecule has 2 heteroatoms. The zero-order valence-corrected chi connectivity index (χ0v) is 10.0. The van der Waals surface area contributed by atoms with E-state index in [-0.39, 0.29) is 0 Å². The van der Waals surface area contributed by atoms with Crippen molar-refractivity contribution in [2.45, 2.75) is 6.92 Å². The second kappa shape index (κ2) is 4.09. The molecule has 0 aliphatic heterocycles. The summed E-state index contributed by atoms with van der Waals surface area (Å²) in [6.45, 7) is 2.09. The van der Waals surface area contributed by atoms with Crippen molar-refractivity contribution in [2.24, 2.45) is 0 Å². The van der Waals surface area contributed by atoms with E-state index in [1.807, 2.05) is 24.4 Å². The minimum atomic E-state index is 1.08. The molecule has 0 unspecified atom stereocenters. The third-order valence-corrected chi connectivity index (χ3v) is 3.08. The third-order valence-electron chi connectivity index (χ3n) is 2.14. The standard InChI is InChI=1S/C12H10IN/c1-9-5-4-8-14-12(9)10-6-2-3-7-11(10)13/h2-8H,1H3. The van der Waals surface area contributed by atoms with Crippen LogP contribution in [0.3, 0.4) is 0 Å². The van der Waals surface area contributed by atoms with Crippen LogP contribution in [-0.4, -0.2) is 4.98 Å². The molecule has 70 valence electrons. The molecule has 0 saturated heterocycles. The van der Waals surface area contributed by atoms with Crippen LogP contribution in [0.1, 0.15) is 5.56 Å². The predicted molar refractivity (Wildman–Crippen MR) is 67.1 cm³/mol. The second-order valence-electron chi connectivity index (χ2n) is 3.15. The molecule has 0 atom stereocenters. The van der Waals surface area contributed by atoms with Gasteiger partial charge in [-0.05, 0) is 47.2 Å². The van der Waals surface area contributed by atoms with Gasteiger partial charge in [0, 0.05) is 15.3 Å². The van der Waals surface area contributed by atoms with E-state index in [1.54, 1.807) is 0 Å². The number of pyridine rings is 1. The highest BCUT2D eigenvalue weighted by atomic mass is 127. The number of rotatable bonds is 1. The van der Waals surface area contributed by atoms with Gasteiger partial charge in [-0.2, -0.15) is 0 Å². The minimum Gasteiger partial charge on any atom is -0.256 e. The normalized spacial score (nSPS) is 10.1. The summed E-state index contributed by atoms with van der Waals surface area (Å²) in [7, 11) is 0. The molecule has 0 saturated carbocycles. The molecule has 1 aromatic carbocycles. The molecule has 0 N–H and O–H groups in total. The summed E-state index contributed by atoms with van der Waals surface area (Å²) >= 11 is 2.34. The highest BCUT2D eigenvalue weighted by molar-refractivity contribution is 14.1. The molecule has 1 nitrogen and oxygen atoms in total. The van der Waals surface area contributed by atoms with Gasteiger partial charge in [0.25, 0.3) is 0 Å². The molecule has 0 spiro atoms.